The molecule has 0 amide bonds. The Kier molecular flexibility index (Phi) is 10.3. The van der Waals surface area contributed by atoms with Crippen LogP contribution in [0.25, 0.3) is 0 Å². The molecule has 0 aromatic carbocycles. The van der Waals surface area contributed by atoms with E-state index >= 15 is 0 Å². The summed E-state index contributed by atoms with van der Waals surface area (Å²) in [5.41, 5.74) is 16.6. The molecule has 6 N–H and O–H groups in total. The number of hydrogen-bond donors (Lipinski definition) is 3. The van der Waals surface area contributed by atoms with E-state index in [1.54, 1.807) is 0 Å². The normalized spacial score (nSPS) is 13.0. The van der Waals surface area contributed by atoms with Crippen LogP contribution in [0.5, 0.6) is 0 Å². The maximum absolute atomic E-state index is 11.9. The number of Topliss-reactive ketones (excluding diaryl/α,β-unsaturated/α-hetero) is 1. The molecule has 0 aliphatic rings. The van der Waals surface area contributed by atoms with Crippen molar-refractivity contribution in [2.24, 2.45) is 17.2 Å². The van der Waals surface area contributed by atoms with E-state index in [0.717, 1.165) is 32.4 Å². The molecule has 0 rings (SSSR count). The van der Waals surface area contributed by atoms with Crippen LogP contribution in [0.3, 0.4) is 0 Å². The molecule has 0 aromatic heterocycles. The van der Waals surface area contributed by atoms with Gasteiger partial charge in [-0.3, -0.25) is 9.69 Å². The molecule has 0 saturated heterocycles. The van der Waals surface area contributed by atoms with Crippen LogP contribution in [-0.2, 0) is 4.79 Å². The van der Waals surface area contributed by atoms with Gasteiger partial charge in [0.1, 0.15) is 5.78 Å². The summed E-state index contributed by atoms with van der Waals surface area (Å²) in [5.74, 6) is 0.281. The molecular weight excluding hydrogens is 216 g/mol. The summed E-state index contributed by atoms with van der Waals surface area (Å²) in [6.45, 7) is 5.17. The van der Waals surface area contributed by atoms with Crippen molar-refractivity contribution in [1.82, 2.24) is 4.90 Å². The van der Waals surface area contributed by atoms with Crippen molar-refractivity contribution in [3.63, 3.8) is 0 Å². The van der Waals surface area contributed by atoms with Gasteiger partial charge in [0.15, 0.2) is 0 Å². The molecule has 0 fully saturated rings. The lowest BCUT2D eigenvalue weighted by atomic mass is 10.0. The Morgan fingerprint density at radius 3 is 2.06 bits per heavy atom. The zero-order valence-electron chi connectivity index (χ0n) is 11.0. The van der Waals surface area contributed by atoms with Gasteiger partial charge in [0, 0.05) is 32.6 Å². The van der Waals surface area contributed by atoms with E-state index in [2.05, 4.69) is 4.90 Å². The fraction of sp³-hybridized carbons (Fsp3) is 0.917. The molecule has 1 atom stereocenters. The van der Waals surface area contributed by atoms with Gasteiger partial charge in [0.2, 0.25) is 0 Å². The maximum atomic E-state index is 11.9. The first-order chi connectivity index (χ1) is 8.21. The van der Waals surface area contributed by atoms with Gasteiger partial charge >= 0.3 is 0 Å². The van der Waals surface area contributed by atoms with E-state index in [-0.39, 0.29) is 11.8 Å². The van der Waals surface area contributed by atoms with Crippen LogP contribution in [0.1, 0.15) is 32.6 Å². The fourth-order valence-corrected chi connectivity index (χ4v) is 2.02. The summed E-state index contributed by atoms with van der Waals surface area (Å²) in [4.78, 5) is 14.1. The van der Waals surface area contributed by atoms with E-state index in [9.17, 15) is 4.79 Å². The molecule has 5 nitrogen and oxygen atoms in total. The third-order valence-electron chi connectivity index (χ3n) is 2.93. The molecule has 17 heavy (non-hydrogen) atoms. The minimum absolute atomic E-state index is 0.0290. The highest BCUT2D eigenvalue weighted by molar-refractivity contribution is 5.83. The third-order valence-corrected chi connectivity index (χ3v) is 2.93. The number of nitrogens with two attached hydrogens (primary N) is 3. The summed E-state index contributed by atoms with van der Waals surface area (Å²) < 4.78 is 0. The van der Waals surface area contributed by atoms with Gasteiger partial charge in [-0.25, -0.2) is 0 Å². The zero-order valence-corrected chi connectivity index (χ0v) is 11.0. The average molecular weight is 244 g/mol. The van der Waals surface area contributed by atoms with Crippen molar-refractivity contribution in [2.75, 3.05) is 32.7 Å². The van der Waals surface area contributed by atoms with Crippen LogP contribution < -0.4 is 17.2 Å². The second kappa shape index (κ2) is 10.7. The smallest absolute Gasteiger partial charge is 0.149 e. The highest BCUT2D eigenvalue weighted by Gasteiger charge is 2.22. The van der Waals surface area contributed by atoms with Gasteiger partial charge in [-0.15, -0.1) is 0 Å². The quantitative estimate of drug-likeness (QED) is 0.433. The number of carbonyl (C=O) groups is 1. The lowest BCUT2D eigenvalue weighted by molar-refractivity contribution is -0.124. The van der Waals surface area contributed by atoms with Gasteiger partial charge in [-0.1, -0.05) is 13.3 Å². The Labute approximate surface area is 105 Å². The monoisotopic (exact) mass is 244 g/mol. The number of rotatable bonds is 11. The highest BCUT2D eigenvalue weighted by atomic mass is 16.1. The van der Waals surface area contributed by atoms with Crippen molar-refractivity contribution >= 4 is 5.78 Å². The van der Waals surface area contributed by atoms with Crippen LogP contribution in [-0.4, -0.2) is 49.4 Å². The predicted molar refractivity (Wildman–Crippen MR) is 71.7 cm³/mol. The molecule has 0 aliphatic carbocycles. The number of unbranched alkanes of at least 4 members (excludes halogenated alkanes) is 1. The first-order valence-corrected chi connectivity index (χ1v) is 6.58. The molecule has 0 radical (unpaired) electrons. The van der Waals surface area contributed by atoms with E-state index < -0.39 is 0 Å². The van der Waals surface area contributed by atoms with Gasteiger partial charge in [-0.2, -0.15) is 0 Å². The first kappa shape index (κ1) is 16.5. The van der Waals surface area contributed by atoms with Crippen LogP contribution in [0.4, 0.5) is 0 Å². The van der Waals surface area contributed by atoms with Crippen molar-refractivity contribution in [2.45, 2.75) is 38.6 Å². The number of nitrogens with zero attached hydrogens (tertiary/aromatic N) is 1. The molecule has 5 heteroatoms. The largest absolute Gasteiger partial charge is 0.330 e. The van der Waals surface area contributed by atoms with E-state index in [1.165, 1.54) is 0 Å². The Bertz CT molecular complexity index is 193. The lowest BCUT2D eigenvalue weighted by Gasteiger charge is -2.30. The van der Waals surface area contributed by atoms with Crippen molar-refractivity contribution < 1.29 is 4.79 Å². The lowest BCUT2D eigenvalue weighted by Crippen LogP contribution is -2.45. The molecule has 0 bridgehead atoms. The standard InChI is InChI=1S/C12H28N4O/c1-2-12(17)11(5-3-4-6-13)16(9-7-14)10-8-15/h11H,2-10,13-15H2,1H3. The Hall–Kier alpha value is -0.490. The second-order valence-electron chi connectivity index (χ2n) is 4.23. The van der Waals surface area contributed by atoms with Gasteiger partial charge < -0.3 is 17.2 Å². The predicted octanol–water partition coefficient (Wildman–Crippen LogP) is -0.317. The summed E-state index contributed by atoms with van der Waals surface area (Å²) >= 11 is 0. The topological polar surface area (TPSA) is 98.4 Å². The second-order valence-corrected chi connectivity index (χ2v) is 4.23. The minimum Gasteiger partial charge on any atom is -0.330 e. The van der Waals surface area contributed by atoms with E-state index in [4.69, 9.17) is 17.2 Å². The number of carbonyl (C=O) groups excluding carboxylic acids is 1. The molecule has 1 unspecified atom stereocenters. The molecule has 0 aliphatic heterocycles. The Morgan fingerprint density at radius 1 is 1.06 bits per heavy atom. The Morgan fingerprint density at radius 2 is 1.65 bits per heavy atom. The van der Waals surface area contributed by atoms with Crippen LogP contribution in [0, 0.1) is 0 Å². The molecule has 102 valence electrons. The maximum Gasteiger partial charge on any atom is 0.149 e. The first-order valence-electron chi connectivity index (χ1n) is 6.58. The van der Waals surface area contributed by atoms with E-state index in [0.29, 0.717) is 26.1 Å². The average Bonchev–Trinajstić information content (AvgIpc) is 2.34. The van der Waals surface area contributed by atoms with Crippen molar-refractivity contribution in [3.8, 4) is 0 Å². The minimum atomic E-state index is -0.0290. The van der Waals surface area contributed by atoms with Gasteiger partial charge in [-0.05, 0) is 19.4 Å². The van der Waals surface area contributed by atoms with Crippen molar-refractivity contribution in [1.29, 1.82) is 0 Å². The summed E-state index contributed by atoms with van der Waals surface area (Å²) in [6, 6.07) is -0.0290. The summed E-state index contributed by atoms with van der Waals surface area (Å²) in [5, 5.41) is 0. The fourth-order valence-electron chi connectivity index (χ4n) is 2.02. The van der Waals surface area contributed by atoms with Crippen LogP contribution >= 0.6 is 0 Å². The van der Waals surface area contributed by atoms with Gasteiger partial charge in [0.05, 0.1) is 6.04 Å². The van der Waals surface area contributed by atoms with Crippen LogP contribution in [0.15, 0.2) is 0 Å². The highest BCUT2D eigenvalue weighted by Crippen LogP contribution is 2.11. The number of ketones is 1. The number of hydrogen-bond acceptors (Lipinski definition) is 5. The van der Waals surface area contributed by atoms with Crippen molar-refractivity contribution in [3.05, 3.63) is 0 Å². The molecule has 0 heterocycles. The summed E-state index contributed by atoms with van der Waals surface area (Å²) in [6.07, 6.45) is 3.38. The Balaban J connectivity index is 4.42. The van der Waals surface area contributed by atoms with Gasteiger partial charge in [0.25, 0.3) is 0 Å². The SMILES string of the molecule is CCC(=O)C(CCCCN)N(CCN)CCN. The molecular formula is C12H28N4O. The molecule has 0 spiro atoms. The molecule has 0 aromatic rings. The third kappa shape index (κ3) is 6.73. The zero-order chi connectivity index (χ0) is 13.1. The van der Waals surface area contributed by atoms with E-state index in [1.807, 2.05) is 6.92 Å². The van der Waals surface area contributed by atoms with Crippen LogP contribution in [0.2, 0.25) is 0 Å². The summed E-state index contributed by atoms with van der Waals surface area (Å²) in [7, 11) is 0. The molecule has 0 saturated carbocycles.